The van der Waals surface area contributed by atoms with Crippen LogP contribution in [0.2, 0.25) is 0 Å². The van der Waals surface area contributed by atoms with Crippen molar-refractivity contribution in [2.24, 2.45) is 0 Å². The average Bonchev–Trinajstić information content (AvgIpc) is 1.69. The van der Waals surface area contributed by atoms with Gasteiger partial charge in [0, 0.05) is 0 Å². The summed E-state index contributed by atoms with van der Waals surface area (Å²) in [6.45, 7) is 2.10. The van der Waals surface area contributed by atoms with E-state index >= 15 is 0 Å². The van der Waals surface area contributed by atoms with Crippen molar-refractivity contribution in [2.45, 2.75) is 13.3 Å². The Labute approximate surface area is 105 Å². The third-order valence-corrected chi connectivity index (χ3v) is 0.671. The van der Waals surface area contributed by atoms with Gasteiger partial charge in [0.1, 0.15) is 0 Å². The van der Waals surface area contributed by atoms with Crippen molar-refractivity contribution in [3.05, 3.63) is 0 Å². The molecule has 54 valence electrons. The molecule has 4 N–H and O–H groups in total. The molecule has 0 rings (SSSR count). The van der Waals surface area contributed by atoms with Gasteiger partial charge in [-0.3, -0.25) is 0 Å². The van der Waals surface area contributed by atoms with Crippen molar-refractivity contribution in [3.8, 4) is 0 Å². The summed E-state index contributed by atoms with van der Waals surface area (Å²) in [6.07, 6.45) is 1.18. The molecule has 0 saturated heterocycles. The zero-order valence-corrected chi connectivity index (χ0v) is 5.86. The Morgan fingerprint density at radius 1 is 1.44 bits per heavy atom. The Kier molecular flexibility index (Phi) is 81.2. The van der Waals surface area contributed by atoms with Gasteiger partial charge in [-0.05, 0) is 12.2 Å². The van der Waals surface area contributed by atoms with Gasteiger partial charge in [0.25, 0.3) is 0 Å². The summed E-state index contributed by atoms with van der Waals surface area (Å²) in [7, 11) is -0.750. The van der Waals surface area contributed by atoms with Crippen LogP contribution in [-0.4, -0.2) is 80.3 Å². The predicted molar refractivity (Wildman–Crippen MR) is 46.5 cm³/mol. The molecule has 0 amide bonds. The maximum atomic E-state index is 7.12. The molecular weight excluding hydrogens is 166 g/mol. The summed E-state index contributed by atoms with van der Waals surface area (Å²) in [5.41, 5.74) is 0. The van der Waals surface area contributed by atoms with Gasteiger partial charge in [-0.1, -0.05) is 6.92 Å². The van der Waals surface area contributed by atoms with E-state index in [9.17, 15) is 0 Å². The minimum absolute atomic E-state index is 0. The fourth-order valence-electron chi connectivity index (χ4n) is 0. The second-order valence-electron chi connectivity index (χ2n) is 0.865. The van der Waals surface area contributed by atoms with Gasteiger partial charge in [-0.25, -0.2) is 0 Å². The number of thiol groups is 1. The van der Waals surface area contributed by atoms with E-state index in [-0.39, 0.29) is 56.9 Å². The zero-order valence-electron chi connectivity index (χ0n) is 4.96. The molecule has 0 unspecified atom stereocenters. The number of hydrogen-bond donors (Lipinski definition) is 3. The second kappa shape index (κ2) is 32.6. The molecule has 0 saturated carbocycles. The first kappa shape index (κ1) is 22.4. The first-order chi connectivity index (χ1) is 3.33. The third kappa shape index (κ3) is 72.7. The van der Waals surface area contributed by atoms with Gasteiger partial charge in [0.05, 0.1) is 0 Å². The van der Waals surface area contributed by atoms with Gasteiger partial charge in [0.15, 0.2) is 0 Å². The monoisotopic (exact) mass is 180 g/mol. The minimum atomic E-state index is -0.750. The summed E-state index contributed by atoms with van der Waals surface area (Å²) in [6, 6.07) is 0. The molecule has 0 aliphatic rings. The summed E-state index contributed by atoms with van der Waals surface area (Å²) < 4.78 is 0. The number of rotatable bonds is 1. The first-order valence-corrected chi connectivity index (χ1v) is 2.79. The fraction of sp³-hybridized carbons (Fsp3) is 1.00. The van der Waals surface area contributed by atoms with Crippen LogP contribution >= 0.6 is 12.6 Å². The molecule has 0 fully saturated rings. The van der Waals surface area contributed by atoms with E-state index in [0.29, 0.717) is 0 Å². The van der Waals surface area contributed by atoms with Crippen LogP contribution in [0.4, 0.5) is 0 Å². The summed E-state index contributed by atoms with van der Waals surface area (Å²) >= 11 is 3.92. The third-order valence-electron chi connectivity index (χ3n) is 0.224. The summed E-state index contributed by atoms with van der Waals surface area (Å²) in [4.78, 5) is 0. The zero-order chi connectivity index (χ0) is 6.12. The summed E-state index contributed by atoms with van der Waals surface area (Å²) in [5, 5.41) is 14.2. The van der Waals surface area contributed by atoms with E-state index < -0.39 is 7.69 Å². The van der Waals surface area contributed by atoms with Crippen LogP contribution < -0.4 is 0 Å². The Balaban J connectivity index is -0.0000000233. The second-order valence-corrected chi connectivity index (χ2v) is 1.31. The molecule has 6 heteroatoms. The molecule has 0 aromatic rings. The van der Waals surface area contributed by atoms with Gasteiger partial charge in [-0.2, -0.15) is 12.6 Å². The van der Waals surface area contributed by atoms with E-state index in [4.69, 9.17) is 10.0 Å². The van der Waals surface area contributed by atoms with E-state index in [1.165, 1.54) is 6.42 Å². The van der Waals surface area contributed by atoms with E-state index in [1.54, 1.807) is 0 Å². The van der Waals surface area contributed by atoms with Crippen LogP contribution in [0.1, 0.15) is 13.3 Å². The van der Waals surface area contributed by atoms with Crippen molar-refractivity contribution in [2.75, 3.05) is 5.75 Å². The van der Waals surface area contributed by atoms with Crippen LogP contribution in [0.15, 0.2) is 0 Å². The van der Waals surface area contributed by atoms with Crippen molar-refractivity contribution < 1.29 is 15.5 Å². The molecule has 9 heavy (non-hydrogen) atoms. The van der Waals surface area contributed by atoms with E-state index in [1.807, 2.05) is 0 Å². The van der Waals surface area contributed by atoms with Crippen molar-refractivity contribution in [3.63, 3.8) is 0 Å². The molecule has 0 heterocycles. The number of hydrogen-bond acceptors (Lipinski definition) is 3. The van der Waals surface area contributed by atoms with Gasteiger partial charge >= 0.3 is 59.1 Å². The molecule has 0 atom stereocenters. The van der Waals surface area contributed by atoms with Gasteiger partial charge in [0.2, 0.25) is 0 Å². The fourth-order valence-corrected chi connectivity index (χ4v) is 0. The Hall–Kier alpha value is 1.93. The predicted octanol–water partition coefficient (Wildman–Crippen LogP) is -1.91. The van der Waals surface area contributed by atoms with Crippen LogP contribution in [-0.2, 0) is 0 Å². The topological polar surface area (TPSA) is 72.0 Å². The van der Waals surface area contributed by atoms with Crippen molar-refractivity contribution in [1.82, 2.24) is 0 Å². The van der Waals surface area contributed by atoms with E-state index in [2.05, 4.69) is 19.6 Å². The first-order valence-electron chi connectivity index (χ1n) is 2.16. The molecule has 0 aromatic heterocycles. The normalized spacial score (nSPS) is 4.89. The molecule has 0 aliphatic carbocycles. The van der Waals surface area contributed by atoms with E-state index in [0.717, 1.165) is 5.75 Å². The molecule has 0 radical (unpaired) electrons. The SMILES string of the molecule is CCCS.O.OBO.[KH]. The van der Waals surface area contributed by atoms with Gasteiger partial charge < -0.3 is 15.5 Å². The molecule has 3 nitrogen and oxygen atoms in total. The van der Waals surface area contributed by atoms with Crippen molar-refractivity contribution >= 4 is 71.7 Å². The molecular formula is C3H14BKO3S. The van der Waals surface area contributed by atoms with Crippen LogP contribution in [0.5, 0.6) is 0 Å². The molecule has 0 bridgehead atoms. The molecule has 0 aromatic carbocycles. The van der Waals surface area contributed by atoms with Crippen molar-refractivity contribution in [1.29, 1.82) is 0 Å². The average molecular weight is 180 g/mol. The Bertz CT molecular complexity index is 26.5. The van der Waals surface area contributed by atoms with Crippen LogP contribution in [0, 0.1) is 0 Å². The van der Waals surface area contributed by atoms with Crippen LogP contribution in [0.25, 0.3) is 0 Å². The Morgan fingerprint density at radius 2 is 1.56 bits per heavy atom. The standard InChI is InChI=1S/C3H8S.BH3O2.K.H2O.H/c1-2-3-4;2-1-3;;;/h4H,2-3H2,1H3;1-3H;;1H2;. The Morgan fingerprint density at radius 3 is 1.56 bits per heavy atom. The quantitative estimate of drug-likeness (QED) is 0.325. The maximum absolute atomic E-state index is 7.12. The summed E-state index contributed by atoms with van der Waals surface area (Å²) in [5.74, 6) is 1.01. The van der Waals surface area contributed by atoms with Crippen LogP contribution in [0.3, 0.4) is 0 Å². The molecule has 0 aliphatic heterocycles. The molecule has 0 spiro atoms. The van der Waals surface area contributed by atoms with Gasteiger partial charge in [-0.15, -0.1) is 0 Å².